The predicted molar refractivity (Wildman–Crippen MR) is 71.0 cm³/mol. The van der Waals surface area contributed by atoms with E-state index in [0.29, 0.717) is 5.02 Å². The Balaban J connectivity index is 2.17. The van der Waals surface area contributed by atoms with Crippen molar-refractivity contribution in [1.29, 1.82) is 0 Å². The molecule has 0 aliphatic rings. The van der Waals surface area contributed by atoms with Crippen LogP contribution in [0.1, 0.15) is 11.1 Å². The molecular weight excluding hydrogens is 232 g/mol. The van der Waals surface area contributed by atoms with Gasteiger partial charge in [-0.25, -0.2) is 0 Å². The fourth-order valence-corrected chi connectivity index (χ4v) is 1.58. The maximum absolute atomic E-state index is 6.02. The molecule has 84 valence electrons. The largest absolute Gasteiger partial charge is 0.497 e. The van der Waals surface area contributed by atoms with Gasteiger partial charge in [-0.1, -0.05) is 48.0 Å². The molecule has 0 N–H and O–H groups in total. The number of methoxy groups -OCH3 is 1. The standard InChI is InChI=1S/C15H11ClO/c1-17-14-10-7-12(8-11-14)6-9-13-4-2-3-5-15(13)16/h4-11H,1H3/b9-6+. The molecule has 2 aromatic carbocycles. The van der Waals surface area contributed by atoms with E-state index < -0.39 is 0 Å². The van der Waals surface area contributed by atoms with Crippen LogP contribution in [0.15, 0.2) is 36.4 Å². The molecule has 0 saturated heterocycles. The smallest absolute Gasteiger partial charge is 0.118 e. The highest BCUT2D eigenvalue weighted by atomic mass is 35.5. The molecule has 0 spiro atoms. The molecule has 0 aromatic heterocycles. The van der Waals surface area contributed by atoms with E-state index in [0.717, 1.165) is 16.9 Å². The molecule has 0 saturated carbocycles. The number of hydrogen-bond acceptors (Lipinski definition) is 1. The molecule has 0 aliphatic carbocycles. The van der Waals surface area contributed by atoms with E-state index in [9.17, 15) is 0 Å². The van der Waals surface area contributed by atoms with Crippen molar-refractivity contribution in [1.82, 2.24) is 0 Å². The predicted octanol–water partition coefficient (Wildman–Crippen LogP) is 4.12. The average molecular weight is 243 g/mol. The molecule has 1 nitrogen and oxygen atoms in total. The highest BCUT2D eigenvalue weighted by Gasteiger charge is 1.94. The summed E-state index contributed by atoms with van der Waals surface area (Å²) in [5, 5.41) is 0.675. The lowest BCUT2D eigenvalue weighted by Crippen LogP contribution is -1.81. The third-order valence-electron chi connectivity index (χ3n) is 2.36. The van der Waals surface area contributed by atoms with Gasteiger partial charge in [-0.3, -0.25) is 0 Å². The third kappa shape index (κ3) is 3.03. The summed E-state index contributed by atoms with van der Waals surface area (Å²) in [6.07, 6.45) is 3.95. The molecule has 0 heterocycles. The molecule has 2 heteroatoms. The normalized spacial score (nSPS) is 10.2. The van der Waals surface area contributed by atoms with Crippen LogP contribution in [0.25, 0.3) is 12.2 Å². The van der Waals surface area contributed by atoms with Crippen molar-refractivity contribution >= 4 is 23.8 Å². The summed E-state index contributed by atoms with van der Waals surface area (Å²) in [5.74, 6) is 0.850. The van der Waals surface area contributed by atoms with Gasteiger partial charge in [0, 0.05) is 11.6 Å². The zero-order chi connectivity index (χ0) is 12.1. The number of halogens is 1. The van der Waals surface area contributed by atoms with E-state index in [2.05, 4.69) is 12.1 Å². The van der Waals surface area contributed by atoms with Gasteiger partial charge in [-0.2, -0.15) is 0 Å². The van der Waals surface area contributed by atoms with Crippen molar-refractivity contribution in [3.63, 3.8) is 0 Å². The van der Waals surface area contributed by atoms with Gasteiger partial charge in [0.2, 0.25) is 0 Å². The van der Waals surface area contributed by atoms with Gasteiger partial charge < -0.3 is 4.74 Å². The lowest BCUT2D eigenvalue weighted by molar-refractivity contribution is 0.415. The monoisotopic (exact) mass is 242 g/mol. The van der Waals surface area contributed by atoms with Crippen LogP contribution in [0.4, 0.5) is 0 Å². The highest BCUT2D eigenvalue weighted by Crippen LogP contribution is 2.17. The van der Waals surface area contributed by atoms with Crippen molar-refractivity contribution in [2.45, 2.75) is 0 Å². The Kier molecular flexibility index (Phi) is 3.69. The van der Waals surface area contributed by atoms with Crippen molar-refractivity contribution in [2.75, 3.05) is 7.11 Å². The quantitative estimate of drug-likeness (QED) is 0.787. The minimum absolute atomic E-state index is 0.675. The Morgan fingerprint density at radius 3 is 2.41 bits per heavy atom. The summed E-state index contributed by atoms with van der Waals surface area (Å²) in [6, 6.07) is 17.0. The fraction of sp³-hybridized carbons (Fsp3) is 0.0667. The van der Waals surface area contributed by atoms with E-state index >= 15 is 0 Å². The first-order valence-electron chi connectivity index (χ1n) is 5.19. The maximum Gasteiger partial charge on any atom is 0.118 e. The summed E-state index contributed by atoms with van der Waals surface area (Å²) in [7, 11) is 1.65. The SMILES string of the molecule is COc1ccc(/C=C/c2cc#ccc2Cl)cc1. The minimum Gasteiger partial charge on any atom is -0.497 e. The minimum atomic E-state index is 0.675. The summed E-state index contributed by atoms with van der Waals surface area (Å²) >= 11 is 6.02. The molecule has 0 atom stereocenters. The van der Waals surface area contributed by atoms with Gasteiger partial charge >= 0.3 is 0 Å². The van der Waals surface area contributed by atoms with E-state index in [1.54, 1.807) is 13.2 Å². The fourth-order valence-electron chi connectivity index (χ4n) is 1.41. The van der Waals surface area contributed by atoms with Crippen LogP contribution >= 0.6 is 11.6 Å². The zero-order valence-electron chi connectivity index (χ0n) is 9.41. The van der Waals surface area contributed by atoms with Crippen LogP contribution in [-0.4, -0.2) is 7.11 Å². The average Bonchev–Trinajstić information content (AvgIpc) is 2.38. The summed E-state index contributed by atoms with van der Waals surface area (Å²) in [4.78, 5) is 0. The molecule has 0 fully saturated rings. The topological polar surface area (TPSA) is 9.23 Å². The zero-order valence-corrected chi connectivity index (χ0v) is 10.2. The molecular formula is C15H11ClO. The van der Waals surface area contributed by atoms with E-state index in [4.69, 9.17) is 16.3 Å². The summed E-state index contributed by atoms with van der Waals surface area (Å²) in [5.41, 5.74) is 2.02. The molecule has 0 aliphatic heterocycles. The van der Waals surface area contributed by atoms with Crippen LogP contribution < -0.4 is 4.74 Å². The first kappa shape index (κ1) is 11.6. The van der Waals surface area contributed by atoms with Gasteiger partial charge in [0.25, 0.3) is 0 Å². The number of benzene rings is 1. The lowest BCUT2D eigenvalue weighted by atomic mass is 10.1. The van der Waals surface area contributed by atoms with Gasteiger partial charge in [0.1, 0.15) is 5.75 Å². The van der Waals surface area contributed by atoms with Crippen LogP contribution in [0.2, 0.25) is 5.02 Å². The Labute approximate surface area is 106 Å². The molecule has 0 radical (unpaired) electrons. The molecule has 0 unspecified atom stereocenters. The number of ether oxygens (including phenoxy) is 1. The van der Waals surface area contributed by atoms with E-state index in [1.807, 2.05) is 42.5 Å². The van der Waals surface area contributed by atoms with Crippen molar-refractivity contribution in [3.8, 4) is 5.75 Å². The second-order valence-corrected chi connectivity index (χ2v) is 3.89. The van der Waals surface area contributed by atoms with E-state index in [1.165, 1.54) is 0 Å². The molecule has 0 amide bonds. The Bertz CT molecular complexity index is 515. The Morgan fingerprint density at radius 1 is 1.06 bits per heavy atom. The first-order chi connectivity index (χ1) is 8.29. The summed E-state index contributed by atoms with van der Waals surface area (Å²) in [6.45, 7) is 0. The van der Waals surface area contributed by atoms with Crippen molar-refractivity contribution in [2.24, 2.45) is 0 Å². The summed E-state index contributed by atoms with van der Waals surface area (Å²) < 4.78 is 5.10. The molecule has 17 heavy (non-hydrogen) atoms. The Morgan fingerprint density at radius 2 is 1.76 bits per heavy atom. The van der Waals surface area contributed by atoms with Crippen LogP contribution in [-0.2, 0) is 0 Å². The highest BCUT2D eigenvalue weighted by molar-refractivity contribution is 6.32. The van der Waals surface area contributed by atoms with Crippen LogP contribution in [0.3, 0.4) is 0 Å². The molecule has 2 aromatic rings. The van der Waals surface area contributed by atoms with Crippen LogP contribution in [0.5, 0.6) is 5.75 Å². The third-order valence-corrected chi connectivity index (χ3v) is 2.68. The van der Waals surface area contributed by atoms with Crippen LogP contribution in [0, 0.1) is 12.1 Å². The van der Waals surface area contributed by atoms with Gasteiger partial charge in [0.05, 0.1) is 12.1 Å². The number of rotatable bonds is 3. The van der Waals surface area contributed by atoms with Gasteiger partial charge in [0.15, 0.2) is 0 Å². The van der Waals surface area contributed by atoms with Crippen molar-refractivity contribution < 1.29 is 4.74 Å². The van der Waals surface area contributed by atoms with Gasteiger partial charge in [-0.05, 0) is 23.8 Å². The second-order valence-electron chi connectivity index (χ2n) is 3.49. The Hall–Kier alpha value is -1.91. The van der Waals surface area contributed by atoms with Crippen molar-refractivity contribution in [3.05, 3.63) is 64.7 Å². The molecule has 0 bridgehead atoms. The van der Waals surface area contributed by atoms with Gasteiger partial charge in [-0.15, -0.1) is 0 Å². The second kappa shape index (κ2) is 5.43. The lowest BCUT2D eigenvalue weighted by Gasteiger charge is -1.99. The molecule has 2 rings (SSSR count). The number of hydrogen-bond donors (Lipinski definition) is 0. The van der Waals surface area contributed by atoms with E-state index in [-0.39, 0.29) is 0 Å². The first-order valence-corrected chi connectivity index (χ1v) is 5.57. The maximum atomic E-state index is 6.02.